The summed E-state index contributed by atoms with van der Waals surface area (Å²) < 4.78 is 0. The van der Waals surface area contributed by atoms with Gasteiger partial charge in [-0.1, -0.05) is 13.8 Å². The number of aryl methyl sites for hydroxylation is 1. The number of aromatic nitrogens is 1. The highest BCUT2D eigenvalue weighted by molar-refractivity contribution is 7.15. The summed E-state index contributed by atoms with van der Waals surface area (Å²) in [5, 5.41) is 10.3. The lowest BCUT2D eigenvalue weighted by Gasteiger charge is -2.18. The molecule has 0 saturated carbocycles. The first-order valence-corrected chi connectivity index (χ1v) is 7.75. The zero-order chi connectivity index (χ0) is 13.6. The maximum Gasteiger partial charge on any atom is 0.312 e. The molecule has 1 aliphatic heterocycles. The molecule has 1 aliphatic carbocycles. The van der Waals surface area contributed by atoms with Crippen LogP contribution in [0.15, 0.2) is 0 Å². The van der Waals surface area contributed by atoms with Gasteiger partial charge in [0.15, 0.2) is 5.13 Å². The molecule has 3 rings (SSSR count). The van der Waals surface area contributed by atoms with Crippen LogP contribution in [-0.4, -0.2) is 29.1 Å². The molecule has 1 N–H and O–H groups in total. The second kappa shape index (κ2) is 4.47. The molecule has 0 radical (unpaired) electrons. The number of thiazole rings is 1. The Hall–Kier alpha value is -1.10. The predicted octanol–water partition coefficient (Wildman–Crippen LogP) is 2.88. The highest BCUT2D eigenvalue weighted by Crippen LogP contribution is 2.40. The molecule has 1 unspecified atom stereocenters. The van der Waals surface area contributed by atoms with Crippen molar-refractivity contribution in [3.8, 4) is 0 Å². The van der Waals surface area contributed by atoms with Crippen molar-refractivity contribution in [3.63, 3.8) is 0 Å². The highest BCUT2D eigenvalue weighted by atomic mass is 32.1. The minimum absolute atomic E-state index is 0.346. The van der Waals surface area contributed by atoms with Crippen LogP contribution in [0.1, 0.15) is 49.6 Å². The van der Waals surface area contributed by atoms with Gasteiger partial charge >= 0.3 is 5.97 Å². The van der Waals surface area contributed by atoms with Crippen LogP contribution < -0.4 is 4.90 Å². The molecular weight excluding hydrogens is 260 g/mol. The van der Waals surface area contributed by atoms with E-state index in [0.717, 1.165) is 43.2 Å². The van der Waals surface area contributed by atoms with E-state index in [9.17, 15) is 9.90 Å². The molecule has 1 aromatic heterocycles. The maximum absolute atomic E-state index is 11.3. The summed E-state index contributed by atoms with van der Waals surface area (Å²) in [5.74, 6) is -1.11. The van der Waals surface area contributed by atoms with Crippen molar-refractivity contribution >= 4 is 22.4 Å². The number of anilines is 1. The molecule has 4 nitrogen and oxygen atoms in total. The van der Waals surface area contributed by atoms with Crippen molar-refractivity contribution in [2.75, 3.05) is 18.0 Å². The highest BCUT2D eigenvalue weighted by Gasteiger charge is 2.34. The van der Waals surface area contributed by atoms with Crippen LogP contribution in [0, 0.1) is 5.41 Å². The van der Waals surface area contributed by atoms with Gasteiger partial charge in [0, 0.05) is 18.0 Å². The Kier molecular flexibility index (Phi) is 3.04. The zero-order valence-corrected chi connectivity index (χ0v) is 12.3. The lowest BCUT2D eigenvalue weighted by Crippen LogP contribution is -2.22. The van der Waals surface area contributed by atoms with Gasteiger partial charge in [-0.3, -0.25) is 4.79 Å². The summed E-state index contributed by atoms with van der Waals surface area (Å²) in [4.78, 5) is 19.5. The number of carboxylic acids is 1. The fourth-order valence-corrected chi connectivity index (χ4v) is 4.25. The SMILES string of the molecule is CC1(C)CCN(c2nc3c(s2)CCCC3C(=O)O)C1. The zero-order valence-electron chi connectivity index (χ0n) is 11.5. The van der Waals surface area contributed by atoms with Gasteiger partial charge in [0.2, 0.25) is 0 Å². The molecule has 0 amide bonds. The Labute approximate surface area is 117 Å². The number of hydrogen-bond donors (Lipinski definition) is 1. The second-order valence-corrected chi connectivity index (χ2v) is 7.49. The molecule has 2 aliphatic rings. The topological polar surface area (TPSA) is 53.4 Å². The lowest BCUT2D eigenvalue weighted by molar-refractivity contribution is -0.139. The third kappa shape index (κ3) is 2.36. The standard InChI is InChI=1S/C14H20N2O2S/c1-14(2)6-7-16(8-14)13-15-11-9(12(17)18)4-3-5-10(11)19-13/h9H,3-8H2,1-2H3,(H,17,18). The number of carbonyl (C=O) groups is 1. The van der Waals surface area contributed by atoms with Crippen molar-refractivity contribution < 1.29 is 9.90 Å². The molecule has 19 heavy (non-hydrogen) atoms. The number of nitrogens with zero attached hydrogens (tertiary/aromatic N) is 2. The molecule has 0 aromatic carbocycles. The van der Waals surface area contributed by atoms with E-state index in [-0.39, 0.29) is 5.92 Å². The quantitative estimate of drug-likeness (QED) is 0.905. The Morgan fingerprint density at radius 1 is 1.53 bits per heavy atom. The number of aliphatic carboxylic acids is 1. The smallest absolute Gasteiger partial charge is 0.312 e. The van der Waals surface area contributed by atoms with Gasteiger partial charge in [0.1, 0.15) is 5.92 Å². The van der Waals surface area contributed by atoms with Crippen molar-refractivity contribution in [2.24, 2.45) is 5.41 Å². The second-order valence-electron chi connectivity index (χ2n) is 6.42. The molecular formula is C14H20N2O2S. The van der Waals surface area contributed by atoms with Gasteiger partial charge in [0.25, 0.3) is 0 Å². The third-order valence-corrected chi connectivity index (χ3v) is 5.38. The minimum Gasteiger partial charge on any atom is -0.481 e. The Bertz CT molecular complexity index is 510. The van der Waals surface area contributed by atoms with E-state index in [1.165, 1.54) is 11.3 Å². The van der Waals surface area contributed by atoms with E-state index < -0.39 is 5.97 Å². The van der Waals surface area contributed by atoms with E-state index in [0.29, 0.717) is 5.41 Å². The van der Waals surface area contributed by atoms with Gasteiger partial charge in [-0.25, -0.2) is 4.98 Å². The van der Waals surface area contributed by atoms with E-state index in [2.05, 4.69) is 23.7 Å². The molecule has 0 spiro atoms. The molecule has 5 heteroatoms. The van der Waals surface area contributed by atoms with Crippen molar-refractivity contribution in [3.05, 3.63) is 10.6 Å². The van der Waals surface area contributed by atoms with Crippen molar-refractivity contribution in [2.45, 2.75) is 45.4 Å². The van der Waals surface area contributed by atoms with Gasteiger partial charge in [-0.15, -0.1) is 11.3 Å². The minimum atomic E-state index is -0.723. The monoisotopic (exact) mass is 280 g/mol. The fourth-order valence-electron chi connectivity index (χ4n) is 3.06. The van der Waals surface area contributed by atoms with E-state index in [1.807, 2.05) is 0 Å². The van der Waals surface area contributed by atoms with Crippen LogP contribution in [0.25, 0.3) is 0 Å². The van der Waals surface area contributed by atoms with Crippen molar-refractivity contribution in [1.82, 2.24) is 4.98 Å². The third-order valence-electron chi connectivity index (χ3n) is 4.19. The Morgan fingerprint density at radius 3 is 2.95 bits per heavy atom. The first-order valence-electron chi connectivity index (χ1n) is 6.94. The molecule has 0 bridgehead atoms. The number of fused-ring (bicyclic) bond motifs is 1. The van der Waals surface area contributed by atoms with Gasteiger partial charge in [-0.2, -0.15) is 0 Å². The summed E-state index contributed by atoms with van der Waals surface area (Å²) in [6.07, 6.45) is 3.88. The summed E-state index contributed by atoms with van der Waals surface area (Å²) >= 11 is 1.71. The average Bonchev–Trinajstić information content (AvgIpc) is 2.90. The summed E-state index contributed by atoms with van der Waals surface area (Å²) in [5.41, 5.74) is 1.18. The number of rotatable bonds is 2. The summed E-state index contributed by atoms with van der Waals surface area (Å²) in [6, 6.07) is 0. The normalized spacial score (nSPS) is 25.4. The van der Waals surface area contributed by atoms with Gasteiger partial charge < -0.3 is 10.0 Å². The molecule has 1 aromatic rings. The molecule has 1 saturated heterocycles. The first-order chi connectivity index (χ1) is 8.96. The van der Waals surface area contributed by atoms with Crippen LogP contribution in [-0.2, 0) is 11.2 Å². The van der Waals surface area contributed by atoms with Gasteiger partial charge in [-0.05, 0) is 31.1 Å². The summed E-state index contributed by atoms with van der Waals surface area (Å²) in [6.45, 7) is 6.62. The van der Waals surface area contributed by atoms with E-state index >= 15 is 0 Å². The average molecular weight is 280 g/mol. The van der Waals surface area contributed by atoms with Gasteiger partial charge in [0.05, 0.1) is 5.69 Å². The van der Waals surface area contributed by atoms with Crippen molar-refractivity contribution in [1.29, 1.82) is 0 Å². The number of hydrogen-bond acceptors (Lipinski definition) is 4. The fraction of sp³-hybridized carbons (Fsp3) is 0.714. The van der Waals surface area contributed by atoms with Crippen LogP contribution in [0.4, 0.5) is 5.13 Å². The molecule has 2 heterocycles. The summed E-state index contributed by atoms with van der Waals surface area (Å²) in [7, 11) is 0. The largest absolute Gasteiger partial charge is 0.481 e. The molecule has 1 fully saturated rings. The van der Waals surface area contributed by atoms with E-state index in [4.69, 9.17) is 0 Å². The van der Waals surface area contributed by atoms with E-state index in [1.54, 1.807) is 11.3 Å². The van der Waals surface area contributed by atoms with Crippen LogP contribution in [0.3, 0.4) is 0 Å². The number of carboxylic acid groups (broad SMARTS) is 1. The molecule has 104 valence electrons. The predicted molar refractivity (Wildman–Crippen MR) is 76.0 cm³/mol. The van der Waals surface area contributed by atoms with Crippen LogP contribution in [0.2, 0.25) is 0 Å². The molecule has 1 atom stereocenters. The maximum atomic E-state index is 11.3. The lowest BCUT2D eigenvalue weighted by atomic mass is 9.91. The Balaban J connectivity index is 1.88. The van der Waals surface area contributed by atoms with Crippen LogP contribution in [0.5, 0.6) is 0 Å². The first kappa shape index (κ1) is 12.9. The van der Waals surface area contributed by atoms with Crippen LogP contribution >= 0.6 is 11.3 Å². The Morgan fingerprint density at radius 2 is 2.32 bits per heavy atom.